The van der Waals surface area contributed by atoms with E-state index in [0.717, 1.165) is 0 Å². The van der Waals surface area contributed by atoms with Gasteiger partial charge in [0, 0.05) is 57.5 Å². The maximum Gasteiger partial charge on any atom is 0.311 e. The van der Waals surface area contributed by atoms with Gasteiger partial charge in [0.2, 0.25) is 0 Å². The first kappa shape index (κ1) is 49.8. The molecule has 334 valence electrons. The van der Waals surface area contributed by atoms with Crippen molar-refractivity contribution in [2.75, 3.05) is 41.5 Å². The molecule has 3 heterocycles. The number of carbonyl (C=O) groups is 1. The molecule has 16 heteroatoms. The van der Waals surface area contributed by atoms with E-state index in [9.17, 15) is 30.3 Å². The Morgan fingerprint density at radius 3 is 2.12 bits per heavy atom. The third-order valence-corrected chi connectivity index (χ3v) is 12.6. The van der Waals surface area contributed by atoms with Crippen molar-refractivity contribution in [1.29, 1.82) is 0 Å². The van der Waals surface area contributed by atoms with Crippen molar-refractivity contribution in [2.45, 2.75) is 186 Å². The summed E-state index contributed by atoms with van der Waals surface area (Å²) in [6.45, 7) is 17.8. The first-order valence-electron chi connectivity index (χ1n) is 20.7. The zero-order chi connectivity index (χ0) is 43.2. The minimum atomic E-state index is -1.94. The van der Waals surface area contributed by atoms with Gasteiger partial charge >= 0.3 is 5.97 Å². The van der Waals surface area contributed by atoms with Crippen molar-refractivity contribution in [3.63, 3.8) is 0 Å². The fraction of sp³-hybridized carbons (Fsp3) is 0.951. The van der Waals surface area contributed by atoms with E-state index < -0.39 is 102 Å². The zero-order valence-corrected chi connectivity index (χ0v) is 36.9. The number of hydrogen-bond donors (Lipinski definition) is 5. The SMILES string of the molecule is CC[C@H]1OC(=O)[C@H](C)[C@@H](O[C@H]2C[C@@](C)(OC)[C@@H](O)[C@H](C)O2)C(C)[C@@H](O[C@@H]2O[C@H](C)C[C@H](N(C)[11CH3])[C@@H]2O)[C@](C)(O)C[C@@H](C)/C(=N\OCCCOC)[C@H](C)[C@@H](O)[C@]1(C)O. The van der Waals surface area contributed by atoms with Crippen LogP contribution < -0.4 is 0 Å². The van der Waals surface area contributed by atoms with E-state index in [4.69, 9.17) is 38.0 Å². The molecule has 5 N–H and O–H groups in total. The highest BCUT2D eigenvalue weighted by atomic mass is 16.7. The quantitative estimate of drug-likeness (QED) is 0.109. The summed E-state index contributed by atoms with van der Waals surface area (Å²) in [5.41, 5.74) is -4.36. The third-order valence-electron chi connectivity index (χ3n) is 12.6. The number of cyclic esters (lactones) is 1. The van der Waals surface area contributed by atoms with Crippen molar-refractivity contribution in [1.82, 2.24) is 4.90 Å². The minimum Gasteiger partial charge on any atom is -0.459 e. The van der Waals surface area contributed by atoms with Crippen LogP contribution in [0.3, 0.4) is 0 Å². The first-order valence-corrected chi connectivity index (χ1v) is 20.7. The van der Waals surface area contributed by atoms with E-state index in [1.807, 2.05) is 32.8 Å². The fourth-order valence-electron chi connectivity index (χ4n) is 8.98. The van der Waals surface area contributed by atoms with Crippen molar-refractivity contribution in [3.05, 3.63) is 0 Å². The van der Waals surface area contributed by atoms with Crippen molar-refractivity contribution in [2.24, 2.45) is 28.8 Å². The summed E-state index contributed by atoms with van der Waals surface area (Å²) in [7, 11) is 6.82. The van der Waals surface area contributed by atoms with Crippen LogP contribution in [-0.2, 0) is 42.8 Å². The van der Waals surface area contributed by atoms with E-state index >= 15 is 0 Å². The number of ether oxygens (including phenoxy) is 7. The number of esters is 1. The second-order valence-electron chi connectivity index (χ2n) is 17.8. The molecule has 0 aliphatic carbocycles. The number of rotatable bonds is 12. The molecule has 3 saturated heterocycles. The highest BCUT2D eigenvalue weighted by Gasteiger charge is 2.53. The smallest absolute Gasteiger partial charge is 0.311 e. The lowest BCUT2D eigenvalue weighted by atomic mass is 9.73. The van der Waals surface area contributed by atoms with E-state index in [1.54, 1.807) is 55.6 Å². The number of oxime groups is 1. The summed E-state index contributed by atoms with van der Waals surface area (Å²) in [5, 5.41) is 63.6. The maximum absolute atomic E-state index is 14.3. The predicted octanol–water partition coefficient (Wildman–Crippen LogP) is 2.63. The van der Waals surface area contributed by atoms with Gasteiger partial charge in [-0.05, 0) is 74.9 Å². The molecular formula is C41H76N2O14. The Morgan fingerprint density at radius 2 is 1.54 bits per heavy atom. The lowest BCUT2D eigenvalue weighted by Gasteiger charge is -2.49. The number of aliphatic hydroxyl groups is 5. The highest BCUT2D eigenvalue weighted by molar-refractivity contribution is 5.88. The molecule has 3 rings (SSSR count). The molecule has 3 fully saturated rings. The summed E-state index contributed by atoms with van der Waals surface area (Å²) >= 11 is 0. The van der Waals surface area contributed by atoms with Crippen LogP contribution >= 0.6 is 0 Å². The molecule has 0 aromatic carbocycles. The third kappa shape index (κ3) is 11.9. The molecule has 0 bridgehead atoms. The van der Waals surface area contributed by atoms with Gasteiger partial charge in [-0.3, -0.25) is 4.79 Å². The van der Waals surface area contributed by atoms with Gasteiger partial charge < -0.3 is 68.4 Å². The van der Waals surface area contributed by atoms with Crippen LogP contribution in [0.1, 0.15) is 101 Å². The first-order chi connectivity index (χ1) is 26.5. The predicted molar refractivity (Wildman–Crippen MR) is 211 cm³/mol. The number of likely N-dealkylation sites (N-methyl/N-ethyl adjacent to an activating group) is 1. The minimum absolute atomic E-state index is 0.00457. The molecular weight excluding hydrogens is 743 g/mol. The molecule has 0 aromatic rings. The topological polar surface area (TPSA) is 208 Å². The number of aliphatic hydroxyl groups excluding tert-OH is 3. The molecule has 0 aromatic heterocycles. The molecule has 3 aliphatic rings. The lowest BCUT2D eigenvalue weighted by molar-refractivity contribution is -0.317. The molecule has 16 nitrogen and oxygen atoms in total. The van der Waals surface area contributed by atoms with Crippen molar-refractivity contribution >= 4 is 11.7 Å². The van der Waals surface area contributed by atoms with Gasteiger partial charge in [-0.1, -0.05) is 32.9 Å². The number of nitrogens with zero attached hydrogens (tertiary/aromatic N) is 2. The number of hydrogen-bond acceptors (Lipinski definition) is 16. The molecule has 0 amide bonds. The average Bonchev–Trinajstić information content (AvgIpc) is 3.14. The van der Waals surface area contributed by atoms with Crippen LogP contribution in [0.2, 0.25) is 0 Å². The van der Waals surface area contributed by atoms with Crippen LogP contribution in [0.15, 0.2) is 5.16 Å². The van der Waals surface area contributed by atoms with E-state index in [-0.39, 0.29) is 38.0 Å². The summed E-state index contributed by atoms with van der Waals surface area (Å²) in [4.78, 5) is 21.9. The molecule has 0 radical (unpaired) electrons. The summed E-state index contributed by atoms with van der Waals surface area (Å²) in [6.07, 6.45) is -8.71. The average molecular weight is 820 g/mol. The fourth-order valence-corrected chi connectivity index (χ4v) is 8.98. The number of methoxy groups -OCH3 is 2. The zero-order valence-electron chi connectivity index (χ0n) is 36.9. The number of carbonyl (C=O) groups excluding carboxylic acids is 1. The van der Waals surface area contributed by atoms with Gasteiger partial charge in [-0.2, -0.15) is 0 Å². The van der Waals surface area contributed by atoms with E-state index in [2.05, 4.69) is 5.16 Å². The van der Waals surface area contributed by atoms with Crippen LogP contribution in [0, 0.1) is 23.7 Å². The van der Waals surface area contributed by atoms with Crippen LogP contribution in [-0.4, -0.2) is 168 Å². The Bertz CT molecular complexity index is 1290. The largest absolute Gasteiger partial charge is 0.459 e. The Kier molecular flexibility index (Phi) is 18.2. The standard InChI is InChI=1S/C41H76N2O14/c1-15-29-41(10,49)34(45)24(4)31(42-52-18-16-17-50-13)22(2)20-39(8,48)36(57-38-32(44)28(43(11)12)19-23(3)53-38)25(5)33(26(6)37(47)55-29)56-30-21-40(9,51-14)35(46)27(7)54-30/h22-30,32-36,38,44-46,48-49H,15-21H2,1-14H3/b42-31+/t22-,23-,24+,25?,26-,27+,28+,29-,30+,32+,33+,34-,35+,36-,38+,39-,40-,41-/m1/s1/i11-1. The van der Waals surface area contributed by atoms with Gasteiger partial charge in [0.05, 0.1) is 53.4 Å². The van der Waals surface area contributed by atoms with E-state index in [0.29, 0.717) is 25.2 Å². The molecule has 0 spiro atoms. The van der Waals surface area contributed by atoms with Gasteiger partial charge in [-0.15, -0.1) is 0 Å². The Balaban J connectivity index is 2.23. The molecule has 0 saturated carbocycles. The van der Waals surface area contributed by atoms with Gasteiger partial charge in [-0.25, -0.2) is 0 Å². The summed E-state index contributed by atoms with van der Waals surface area (Å²) in [5.74, 6) is -4.00. The molecule has 57 heavy (non-hydrogen) atoms. The van der Waals surface area contributed by atoms with E-state index in [1.165, 1.54) is 14.0 Å². The Labute approximate surface area is 340 Å². The summed E-state index contributed by atoms with van der Waals surface area (Å²) < 4.78 is 42.8. The molecule has 1 unspecified atom stereocenters. The van der Waals surface area contributed by atoms with Crippen LogP contribution in [0.4, 0.5) is 0 Å². The van der Waals surface area contributed by atoms with Crippen LogP contribution in [0.25, 0.3) is 0 Å². The van der Waals surface area contributed by atoms with Gasteiger partial charge in [0.25, 0.3) is 0 Å². The maximum atomic E-state index is 14.3. The normalized spacial score (nSPS) is 46.4. The second kappa shape index (κ2) is 20.8. The highest BCUT2D eigenvalue weighted by Crippen LogP contribution is 2.41. The second-order valence-corrected chi connectivity index (χ2v) is 17.8. The Morgan fingerprint density at radius 1 is 0.895 bits per heavy atom. The van der Waals surface area contributed by atoms with Crippen molar-refractivity contribution < 1.29 is 68.3 Å². The summed E-state index contributed by atoms with van der Waals surface area (Å²) in [6, 6.07) is -0.317. The van der Waals surface area contributed by atoms with Crippen LogP contribution in [0.5, 0.6) is 0 Å². The van der Waals surface area contributed by atoms with Gasteiger partial charge in [0.1, 0.15) is 30.5 Å². The van der Waals surface area contributed by atoms with Gasteiger partial charge in [0.15, 0.2) is 12.6 Å². The van der Waals surface area contributed by atoms with Crippen molar-refractivity contribution in [3.8, 4) is 0 Å². The molecule has 3 aliphatic heterocycles. The molecule has 18 atom stereocenters. The lowest BCUT2D eigenvalue weighted by Crippen LogP contribution is -2.61. The Hall–Kier alpha value is -1.54. The monoisotopic (exact) mass is 820 g/mol.